The second kappa shape index (κ2) is 5.92. The van der Waals surface area contributed by atoms with E-state index in [9.17, 15) is 0 Å². The van der Waals surface area contributed by atoms with Crippen LogP contribution in [0.2, 0.25) is 0 Å². The van der Waals surface area contributed by atoms with Gasteiger partial charge in [-0.1, -0.05) is 31.2 Å². The molecule has 120 valence electrons. The molecule has 2 heterocycles. The van der Waals surface area contributed by atoms with E-state index in [0.29, 0.717) is 0 Å². The molecule has 2 aromatic carbocycles. The van der Waals surface area contributed by atoms with Crippen molar-refractivity contribution < 1.29 is 0 Å². The average Bonchev–Trinajstić information content (AvgIpc) is 3.12. The quantitative estimate of drug-likeness (QED) is 0.532. The first-order chi connectivity index (χ1) is 11.8. The number of hydrogen-bond acceptors (Lipinski definition) is 3. The van der Waals surface area contributed by atoms with E-state index in [1.54, 1.807) is 6.21 Å². The van der Waals surface area contributed by atoms with E-state index < -0.39 is 0 Å². The summed E-state index contributed by atoms with van der Waals surface area (Å²) in [6, 6.07) is 16.2. The summed E-state index contributed by atoms with van der Waals surface area (Å²) in [7, 11) is 2.01. The highest BCUT2D eigenvalue weighted by molar-refractivity contribution is 5.86. The third kappa shape index (κ3) is 2.38. The molecule has 0 unspecified atom stereocenters. The molecule has 4 aromatic rings. The van der Waals surface area contributed by atoms with Gasteiger partial charge in [0.05, 0.1) is 28.3 Å². The van der Waals surface area contributed by atoms with Gasteiger partial charge in [0.15, 0.2) is 5.82 Å². The zero-order chi connectivity index (χ0) is 16.5. The molecule has 0 atom stereocenters. The second-order valence-electron chi connectivity index (χ2n) is 5.83. The highest BCUT2D eigenvalue weighted by Crippen LogP contribution is 2.22. The fourth-order valence-electron chi connectivity index (χ4n) is 3.00. The molecule has 0 aliphatic heterocycles. The third-order valence-electron chi connectivity index (χ3n) is 4.20. The van der Waals surface area contributed by atoms with Crippen LogP contribution in [0.1, 0.15) is 19.2 Å². The minimum atomic E-state index is 0.727. The monoisotopic (exact) mass is 317 g/mol. The summed E-state index contributed by atoms with van der Waals surface area (Å²) in [4.78, 5) is 13.9. The molecule has 0 amide bonds. The summed E-state index contributed by atoms with van der Waals surface area (Å²) >= 11 is 0. The number of rotatable bonds is 4. The molecule has 0 saturated heterocycles. The van der Waals surface area contributed by atoms with Gasteiger partial charge in [-0.05, 0) is 30.7 Å². The first kappa shape index (κ1) is 14.6. The van der Waals surface area contributed by atoms with Crippen LogP contribution in [0.5, 0.6) is 0 Å². The molecule has 0 radical (unpaired) electrons. The molecule has 2 aromatic heterocycles. The number of nitrogens with zero attached hydrogens (tertiary/aromatic N) is 5. The van der Waals surface area contributed by atoms with Crippen LogP contribution in [0.25, 0.3) is 22.1 Å². The van der Waals surface area contributed by atoms with Gasteiger partial charge in [0, 0.05) is 13.6 Å². The van der Waals surface area contributed by atoms with Crippen molar-refractivity contribution in [3.8, 4) is 0 Å². The summed E-state index contributed by atoms with van der Waals surface area (Å²) in [5.41, 5.74) is 4.17. The van der Waals surface area contributed by atoms with E-state index in [4.69, 9.17) is 0 Å². The molecule has 0 aliphatic rings. The number of imidazole rings is 2. The summed E-state index contributed by atoms with van der Waals surface area (Å²) in [5.74, 6) is 1.55. The lowest BCUT2D eigenvalue weighted by Gasteiger charge is -2.03. The van der Waals surface area contributed by atoms with Crippen LogP contribution >= 0.6 is 0 Å². The third-order valence-corrected chi connectivity index (χ3v) is 4.20. The number of aromatic nitrogens is 4. The van der Waals surface area contributed by atoms with Gasteiger partial charge >= 0.3 is 0 Å². The van der Waals surface area contributed by atoms with Crippen molar-refractivity contribution in [3.63, 3.8) is 0 Å². The number of aliphatic imine (C=N–C) groups is 1. The van der Waals surface area contributed by atoms with Gasteiger partial charge in [0.2, 0.25) is 5.95 Å². The number of benzene rings is 2. The van der Waals surface area contributed by atoms with Crippen LogP contribution in [0.4, 0.5) is 5.95 Å². The molecule has 5 nitrogen and oxygen atoms in total. The van der Waals surface area contributed by atoms with Crippen molar-refractivity contribution in [1.29, 1.82) is 0 Å². The number of para-hydroxylation sites is 4. The van der Waals surface area contributed by atoms with Gasteiger partial charge in [-0.3, -0.25) is 0 Å². The van der Waals surface area contributed by atoms with E-state index in [1.165, 1.54) is 0 Å². The van der Waals surface area contributed by atoms with E-state index in [0.717, 1.165) is 46.8 Å². The van der Waals surface area contributed by atoms with Crippen LogP contribution < -0.4 is 0 Å². The smallest absolute Gasteiger partial charge is 0.230 e. The van der Waals surface area contributed by atoms with Gasteiger partial charge in [-0.15, -0.1) is 0 Å². The van der Waals surface area contributed by atoms with Crippen molar-refractivity contribution in [2.45, 2.75) is 19.9 Å². The molecule has 0 fully saturated rings. The van der Waals surface area contributed by atoms with Crippen LogP contribution in [-0.4, -0.2) is 25.3 Å². The van der Waals surface area contributed by atoms with Crippen molar-refractivity contribution in [1.82, 2.24) is 19.1 Å². The Bertz CT molecular complexity index is 1040. The highest BCUT2D eigenvalue weighted by atomic mass is 15.2. The number of fused-ring (bicyclic) bond motifs is 2. The number of hydrogen-bond donors (Lipinski definition) is 0. The van der Waals surface area contributed by atoms with Crippen molar-refractivity contribution >= 4 is 34.2 Å². The lowest BCUT2D eigenvalue weighted by Crippen LogP contribution is -1.98. The summed E-state index contributed by atoms with van der Waals surface area (Å²) in [6.07, 6.45) is 2.84. The minimum Gasteiger partial charge on any atom is -0.326 e. The Balaban J connectivity index is 1.79. The van der Waals surface area contributed by atoms with Gasteiger partial charge in [-0.2, -0.15) is 0 Å². The Labute approximate surface area is 140 Å². The zero-order valence-electron chi connectivity index (χ0n) is 13.8. The predicted octanol–water partition coefficient (Wildman–Crippen LogP) is 4.08. The fourth-order valence-corrected chi connectivity index (χ4v) is 3.00. The van der Waals surface area contributed by atoms with E-state index in [2.05, 4.69) is 38.6 Å². The molecular formula is C19H19N5. The van der Waals surface area contributed by atoms with Crippen molar-refractivity contribution in [2.24, 2.45) is 12.0 Å². The average molecular weight is 317 g/mol. The van der Waals surface area contributed by atoms with Gasteiger partial charge < -0.3 is 9.13 Å². The van der Waals surface area contributed by atoms with E-state index in [1.807, 2.05) is 48.0 Å². The Morgan fingerprint density at radius 3 is 2.33 bits per heavy atom. The molecule has 0 aliphatic carbocycles. The standard InChI is InChI=1S/C19H19N5/c1-3-12-24-17-11-7-5-9-15(17)22-19(24)20-13-18-21-14-8-4-6-10-16(14)23(18)2/h4-11,13H,3,12H2,1-2H3. The Hall–Kier alpha value is -2.95. The van der Waals surface area contributed by atoms with Crippen LogP contribution in [0.3, 0.4) is 0 Å². The van der Waals surface area contributed by atoms with E-state index >= 15 is 0 Å². The van der Waals surface area contributed by atoms with Gasteiger partial charge in [-0.25, -0.2) is 15.0 Å². The van der Waals surface area contributed by atoms with Crippen molar-refractivity contribution in [2.75, 3.05) is 0 Å². The fraction of sp³-hybridized carbons (Fsp3) is 0.211. The van der Waals surface area contributed by atoms with Crippen LogP contribution in [-0.2, 0) is 13.6 Å². The summed E-state index contributed by atoms with van der Waals surface area (Å²) in [5, 5.41) is 0. The Morgan fingerprint density at radius 1 is 0.958 bits per heavy atom. The normalized spacial score (nSPS) is 11.9. The summed E-state index contributed by atoms with van der Waals surface area (Å²) in [6.45, 7) is 3.06. The lowest BCUT2D eigenvalue weighted by molar-refractivity contribution is 0.701. The first-order valence-corrected chi connectivity index (χ1v) is 8.18. The maximum atomic E-state index is 4.66. The topological polar surface area (TPSA) is 48.0 Å². The lowest BCUT2D eigenvalue weighted by atomic mass is 10.3. The van der Waals surface area contributed by atoms with Gasteiger partial charge in [0.25, 0.3) is 0 Å². The predicted molar refractivity (Wildman–Crippen MR) is 98.0 cm³/mol. The Morgan fingerprint density at radius 2 is 1.62 bits per heavy atom. The molecule has 5 heteroatoms. The molecule has 24 heavy (non-hydrogen) atoms. The van der Waals surface area contributed by atoms with Crippen LogP contribution in [0.15, 0.2) is 53.5 Å². The maximum absolute atomic E-state index is 4.66. The molecule has 0 spiro atoms. The maximum Gasteiger partial charge on any atom is 0.230 e. The number of aryl methyl sites for hydroxylation is 2. The summed E-state index contributed by atoms with van der Waals surface area (Å²) < 4.78 is 4.21. The minimum absolute atomic E-state index is 0.727. The molecular weight excluding hydrogens is 298 g/mol. The zero-order valence-corrected chi connectivity index (χ0v) is 13.8. The molecule has 4 rings (SSSR count). The van der Waals surface area contributed by atoms with E-state index in [-0.39, 0.29) is 0 Å². The molecule has 0 N–H and O–H groups in total. The van der Waals surface area contributed by atoms with Crippen LogP contribution in [0, 0.1) is 0 Å². The highest BCUT2D eigenvalue weighted by Gasteiger charge is 2.09. The molecule has 0 bridgehead atoms. The molecule has 0 saturated carbocycles. The van der Waals surface area contributed by atoms with Gasteiger partial charge in [0.1, 0.15) is 0 Å². The van der Waals surface area contributed by atoms with Crippen molar-refractivity contribution in [3.05, 3.63) is 54.4 Å². The Kier molecular flexibility index (Phi) is 3.61. The second-order valence-corrected chi connectivity index (χ2v) is 5.83. The first-order valence-electron chi connectivity index (χ1n) is 8.18. The largest absolute Gasteiger partial charge is 0.326 e. The SMILES string of the molecule is CCCn1c(N=Cc2nc3ccccc3n2C)nc2ccccc21.